The fourth-order valence-electron chi connectivity index (χ4n) is 5.34. The van der Waals surface area contributed by atoms with Gasteiger partial charge < -0.3 is 19.4 Å². The number of hydrogen-bond donors (Lipinski definition) is 1. The molecule has 1 aliphatic rings. The number of fused-ring (bicyclic) bond motifs is 1. The summed E-state index contributed by atoms with van der Waals surface area (Å²) >= 11 is 0. The van der Waals surface area contributed by atoms with Crippen molar-refractivity contribution >= 4 is 28.8 Å². The van der Waals surface area contributed by atoms with E-state index in [-0.39, 0.29) is 29.4 Å². The number of nitrogens with one attached hydrogen (secondary N) is 1. The number of piperidine rings is 1. The van der Waals surface area contributed by atoms with E-state index in [2.05, 4.69) is 15.0 Å². The summed E-state index contributed by atoms with van der Waals surface area (Å²) in [6.45, 7) is 5.27. The van der Waals surface area contributed by atoms with Crippen molar-refractivity contribution in [2.45, 2.75) is 71.4 Å². The average molecular weight is 598 g/mol. The van der Waals surface area contributed by atoms with Gasteiger partial charge >= 0.3 is 5.69 Å². The van der Waals surface area contributed by atoms with E-state index in [0.29, 0.717) is 87.9 Å². The Morgan fingerprint density at radius 2 is 1.81 bits per heavy atom. The highest BCUT2D eigenvalue weighted by molar-refractivity contribution is 5.92. The number of imidazole rings is 1. The molecule has 0 bridgehead atoms. The molecule has 4 heterocycles. The smallest absolute Gasteiger partial charge is 0.332 e. The van der Waals surface area contributed by atoms with Gasteiger partial charge in [-0.3, -0.25) is 28.4 Å². The molecule has 4 rings (SSSR count). The van der Waals surface area contributed by atoms with Crippen molar-refractivity contribution < 1.29 is 19.1 Å². The van der Waals surface area contributed by atoms with E-state index in [9.17, 15) is 19.2 Å². The van der Waals surface area contributed by atoms with E-state index in [1.807, 2.05) is 11.8 Å². The van der Waals surface area contributed by atoms with Crippen LogP contribution in [0.15, 0.2) is 27.9 Å². The Balaban J connectivity index is 1.59. The van der Waals surface area contributed by atoms with Crippen LogP contribution in [0, 0.1) is 0 Å². The summed E-state index contributed by atoms with van der Waals surface area (Å²) in [5, 5.41) is 0. The lowest BCUT2D eigenvalue weighted by Crippen LogP contribution is -2.40. The SMILES string of the molecule is CCCn1c(=O)c2[nH]c(-c3ccc(N(CCCN4CCCCC4=O)C(=O)CCOC)nc3)nc2n(CCCCOC)c1=O. The number of ether oxygens (including phenoxy) is 2. The van der Waals surface area contributed by atoms with E-state index in [4.69, 9.17) is 9.47 Å². The number of likely N-dealkylation sites (tertiary alicyclic amines) is 1. The van der Waals surface area contributed by atoms with E-state index in [0.717, 1.165) is 25.8 Å². The van der Waals surface area contributed by atoms with Crippen LogP contribution < -0.4 is 16.1 Å². The van der Waals surface area contributed by atoms with Gasteiger partial charge in [-0.1, -0.05) is 6.92 Å². The lowest BCUT2D eigenvalue weighted by Gasteiger charge is -2.28. The summed E-state index contributed by atoms with van der Waals surface area (Å²) in [7, 11) is 3.19. The molecule has 1 saturated heterocycles. The minimum atomic E-state index is -0.402. The minimum Gasteiger partial charge on any atom is -0.385 e. The van der Waals surface area contributed by atoms with E-state index in [1.54, 1.807) is 42.0 Å². The molecule has 0 aromatic carbocycles. The van der Waals surface area contributed by atoms with Gasteiger partial charge in [0.15, 0.2) is 5.65 Å². The van der Waals surface area contributed by atoms with E-state index in [1.165, 1.54) is 4.57 Å². The number of nitrogens with zero attached hydrogens (tertiary/aromatic N) is 6. The van der Waals surface area contributed by atoms with Crippen molar-refractivity contribution in [2.75, 3.05) is 52.0 Å². The van der Waals surface area contributed by atoms with Crippen LogP contribution in [0.25, 0.3) is 22.6 Å². The van der Waals surface area contributed by atoms with E-state index >= 15 is 0 Å². The summed E-state index contributed by atoms with van der Waals surface area (Å²) in [4.78, 5) is 67.6. The number of aromatic nitrogens is 5. The number of aryl methyl sites for hydroxylation is 1. The second kappa shape index (κ2) is 15.6. The molecule has 1 fully saturated rings. The third-order valence-electron chi connectivity index (χ3n) is 7.64. The first-order chi connectivity index (χ1) is 20.9. The molecule has 0 saturated carbocycles. The molecule has 3 aromatic rings. The van der Waals surface area contributed by atoms with Crippen molar-refractivity contribution in [3.05, 3.63) is 39.2 Å². The monoisotopic (exact) mass is 597 g/mol. The third-order valence-corrected chi connectivity index (χ3v) is 7.64. The highest BCUT2D eigenvalue weighted by Gasteiger charge is 2.22. The zero-order chi connectivity index (χ0) is 30.8. The van der Waals surface area contributed by atoms with Crippen molar-refractivity contribution in [2.24, 2.45) is 0 Å². The first kappa shape index (κ1) is 32.1. The highest BCUT2D eigenvalue weighted by atomic mass is 16.5. The quantitative estimate of drug-likeness (QED) is 0.248. The maximum Gasteiger partial charge on any atom is 0.332 e. The molecule has 13 heteroatoms. The van der Waals surface area contributed by atoms with Gasteiger partial charge in [0, 0.05) is 71.7 Å². The summed E-state index contributed by atoms with van der Waals surface area (Å²) in [5.74, 6) is 0.932. The molecule has 43 heavy (non-hydrogen) atoms. The van der Waals surface area contributed by atoms with Gasteiger partial charge in [0.2, 0.25) is 11.8 Å². The fraction of sp³-hybridized carbons (Fsp3) is 0.600. The van der Waals surface area contributed by atoms with Gasteiger partial charge in [0.05, 0.1) is 13.0 Å². The molecule has 0 unspecified atom stereocenters. The topological polar surface area (TPSA) is 145 Å². The number of anilines is 1. The van der Waals surface area contributed by atoms with Crippen LogP contribution in [0.2, 0.25) is 0 Å². The Kier molecular flexibility index (Phi) is 11.6. The molecule has 2 amide bonds. The van der Waals surface area contributed by atoms with Crippen molar-refractivity contribution in [1.82, 2.24) is 29.0 Å². The molecule has 3 aromatic heterocycles. The maximum atomic E-state index is 13.2. The summed E-state index contributed by atoms with van der Waals surface area (Å²) in [6.07, 6.45) is 7.06. The maximum absolute atomic E-state index is 13.2. The first-order valence-corrected chi connectivity index (χ1v) is 15.1. The zero-order valence-corrected chi connectivity index (χ0v) is 25.5. The van der Waals surface area contributed by atoms with Gasteiger partial charge in [0.25, 0.3) is 5.56 Å². The first-order valence-electron chi connectivity index (χ1n) is 15.1. The second-order valence-corrected chi connectivity index (χ2v) is 10.8. The zero-order valence-electron chi connectivity index (χ0n) is 25.5. The standard InChI is InChI=1S/C30H43N7O6/c1-4-14-37-29(40)26-28(36(30(37)41)17-7-8-19-42-2)33-27(32-26)22-11-12-23(31-21-22)35(25(39)13-20-43-3)18-9-16-34-15-6-5-10-24(34)38/h11-12,21H,4-10,13-20H2,1-3H3,(H,32,33). The van der Waals surface area contributed by atoms with Crippen LogP contribution in [-0.2, 0) is 32.2 Å². The van der Waals surface area contributed by atoms with Crippen LogP contribution >= 0.6 is 0 Å². The molecule has 0 aliphatic carbocycles. The van der Waals surface area contributed by atoms with Crippen LogP contribution in [0.1, 0.15) is 58.3 Å². The molecule has 13 nitrogen and oxygen atoms in total. The number of methoxy groups -OCH3 is 2. The van der Waals surface area contributed by atoms with Crippen LogP contribution in [-0.4, -0.2) is 87.9 Å². The van der Waals surface area contributed by atoms with Gasteiger partial charge in [-0.15, -0.1) is 0 Å². The number of amides is 2. The van der Waals surface area contributed by atoms with Crippen LogP contribution in [0.3, 0.4) is 0 Å². The Bertz CT molecular complexity index is 1490. The minimum absolute atomic E-state index is 0.121. The van der Waals surface area contributed by atoms with Gasteiger partial charge in [-0.05, 0) is 50.7 Å². The number of hydrogen-bond acceptors (Lipinski definition) is 8. The summed E-state index contributed by atoms with van der Waals surface area (Å²) in [5.41, 5.74) is 0.410. The predicted octanol–water partition coefficient (Wildman–Crippen LogP) is 2.56. The van der Waals surface area contributed by atoms with Crippen LogP contribution in [0.5, 0.6) is 0 Å². The van der Waals surface area contributed by atoms with Gasteiger partial charge in [-0.2, -0.15) is 0 Å². The molecular formula is C30H43N7O6. The van der Waals surface area contributed by atoms with Gasteiger partial charge in [0.1, 0.15) is 17.2 Å². The summed E-state index contributed by atoms with van der Waals surface area (Å²) in [6, 6.07) is 3.53. The molecule has 1 aliphatic heterocycles. The lowest BCUT2D eigenvalue weighted by atomic mass is 10.1. The number of aromatic amines is 1. The number of unbranched alkanes of at least 4 members (excludes halogenated alkanes) is 1. The number of H-pyrrole nitrogens is 1. The fourth-order valence-corrected chi connectivity index (χ4v) is 5.34. The molecule has 234 valence electrons. The van der Waals surface area contributed by atoms with Crippen LogP contribution in [0.4, 0.5) is 5.82 Å². The van der Waals surface area contributed by atoms with Crippen molar-refractivity contribution in [3.8, 4) is 11.4 Å². The normalized spacial score (nSPS) is 13.7. The molecular weight excluding hydrogens is 554 g/mol. The number of rotatable bonds is 16. The Morgan fingerprint density at radius 3 is 2.51 bits per heavy atom. The highest BCUT2D eigenvalue weighted by Crippen LogP contribution is 2.22. The predicted molar refractivity (Wildman–Crippen MR) is 163 cm³/mol. The summed E-state index contributed by atoms with van der Waals surface area (Å²) < 4.78 is 13.1. The Morgan fingerprint density at radius 1 is 1.00 bits per heavy atom. The van der Waals surface area contributed by atoms with Crippen molar-refractivity contribution in [1.29, 1.82) is 0 Å². The molecule has 0 spiro atoms. The second-order valence-electron chi connectivity index (χ2n) is 10.8. The molecule has 1 N–H and O–H groups in total. The Labute approximate surface area is 250 Å². The Hall–Kier alpha value is -3.84. The molecule has 0 atom stereocenters. The third kappa shape index (κ3) is 7.77. The average Bonchev–Trinajstić information content (AvgIpc) is 3.46. The van der Waals surface area contributed by atoms with E-state index < -0.39 is 5.56 Å². The van der Waals surface area contributed by atoms with Gasteiger partial charge in [-0.25, -0.2) is 14.8 Å². The lowest BCUT2D eigenvalue weighted by molar-refractivity contribution is -0.133. The van der Waals surface area contributed by atoms with Crippen molar-refractivity contribution in [3.63, 3.8) is 0 Å². The number of pyridine rings is 1. The number of carbonyl (C=O) groups is 2. The molecule has 0 radical (unpaired) electrons. The largest absolute Gasteiger partial charge is 0.385 e. The number of carbonyl (C=O) groups excluding carboxylic acids is 2.